The summed E-state index contributed by atoms with van der Waals surface area (Å²) in [7, 11) is 0. The molecule has 0 aromatic rings. The van der Waals surface area contributed by atoms with E-state index in [1.807, 2.05) is 0 Å². The van der Waals surface area contributed by atoms with E-state index in [2.05, 4.69) is 4.74 Å². The number of carboxylic acid groups (broad SMARTS) is 1. The smallest absolute Gasteiger partial charge is 0.460 e. The SMILES string of the molecule is O=C(O)COC(=O)CCSCCCC(F)(F)C(F)(F)C(F)(F)C(F)(F)C(F)(F)C(F)(F)F. The van der Waals surface area contributed by atoms with Gasteiger partial charge < -0.3 is 9.84 Å². The van der Waals surface area contributed by atoms with Gasteiger partial charge in [-0.15, -0.1) is 0 Å². The standard InChI is InChI=1S/C14H13F13O4S/c15-9(16,3-1-4-32-5-2-8(30)31-6-7(28)29)10(17,18)11(19,20)12(21,22)13(23,24)14(25,26)27/h1-6H2,(H,28,29). The summed E-state index contributed by atoms with van der Waals surface area (Å²) in [4.78, 5) is 21.1. The number of alkyl halides is 13. The van der Waals surface area contributed by atoms with Gasteiger partial charge in [0.15, 0.2) is 6.61 Å². The van der Waals surface area contributed by atoms with Gasteiger partial charge in [0.1, 0.15) is 0 Å². The third kappa shape index (κ3) is 6.24. The topological polar surface area (TPSA) is 63.6 Å². The van der Waals surface area contributed by atoms with Crippen LogP contribution in [0, 0.1) is 0 Å². The summed E-state index contributed by atoms with van der Waals surface area (Å²) < 4.78 is 172. The lowest BCUT2D eigenvalue weighted by atomic mass is 9.92. The molecule has 0 heterocycles. The van der Waals surface area contributed by atoms with E-state index in [0.29, 0.717) is 11.8 Å². The molecular weight excluding hydrogens is 511 g/mol. The first-order valence-electron chi connectivity index (χ1n) is 7.97. The fraction of sp³-hybridized carbons (Fsp3) is 0.857. The first-order chi connectivity index (χ1) is 14.1. The summed E-state index contributed by atoms with van der Waals surface area (Å²) in [6.45, 7) is -0.989. The third-order valence-electron chi connectivity index (χ3n) is 3.58. The highest BCUT2D eigenvalue weighted by molar-refractivity contribution is 7.99. The molecule has 190 valence electrons. The zero-order valence-corrected chi connectivity index (χ0v) is 16.1. The van der Waals surface area contributed by atoms with Gasteiger partial charge in [-0.3, -0.25) is 4.79 Å². The van der Waals surface area contributed by atoms with Gasteiger partial charge in [-0.1, -0.05) is 0 Å². The summed E-state index contributed by atoms with van der Waals surface area (Å²) >= 11 is 0.557. The molecule has 0 radical (unpaired) electrons. The second-order valence-corrected chi connectivity index (χ2v) is 7.24. The lowest BCUT2D eigenvalue weighted by Gasteiger charge is -2.39. The molecule has 32 heavy (non-hydrogen) atoms. The average molecular weight is 524 g/mol. The highest BCUT2D eigenvalue weighted by Crippen LogP contribution is 2.60. The normalized spacial score (nSPS) is 14.4. The van der Waals surface area contributed by atoms with Crippen LogP contribution in [-0.2, 0) is 14.3 Å². The van der Waals surface area contributed by atoms with Crippen LogP contribution in [0.4, 0.5) is 57.1 Å². The molecule has 1 N–H and O–H groups in total. The molecule has 0 fully saturated rings. The number of thioether (sulfide) groups is 1. The van der Waals surface area contributed by atoms with E-state index in [0.717, 1.165) is 0 Å². The Morgan fingerprint density at radius 1 is 0.719 bits per heavy atom. The summed E-state index contributed by atoms with van der Waals surface area (Å²) in [6.07, 6.45) is -11.4. The molecule has 0 aliphatic rings. The number of carbonyl (C=O) groups is 2. The van der Waals surface area contributed by atoms with Crippen molar-refractivity contribution in [1.82, 2.24) is 0 Å². The Morgan fingerprint density at radius 3 is 1.62 bits per heavy atom. The maximum atomic E-state index is 13.5. The van der Waals surface area contributed by atoms with E-state index in [4.69, 9.17) is 5.11 Å². The minimum Gasteiger partial charge on any atom is -0.479 e. The highest BCUT2D eigenvalue weighted by Gasteiger charge is 2.90. The lowest BCUT2D eigenvalue weighted by Crippen LogP contribution is -2.70. The minimum absolute atomic E-state index is 0.257. The Hall–Kier alpha value is -1.62. The summed E-state index contributed by atoms with van der Waals surface area (Å²) in [5, 5.41) is 8.23. The van der Waals surface area contributed by atoms with Crippen LogP contribution in [0.2, 0.25) is 0 Å². The van der Waals surface area contributed by atoms with Crippen molar-refractivity contribution in [1.29, 1.82) is 0 Å². The minimum atomic E-state index is -7.92. The van der Waals surface area contributed by atoms with Crippen LogP contribution in [0.3, 0.4) is 0 Å². The van der Waals surface area contributed by atoms with E-state index in [-0.39, 0.29) is 5.75 Å². The molecule has 0 atom stereocenters. The second-order valence-electron chi connectivity index (χ2n) is 6.02. The zero-order valence-electron chi connectivity index (χ0n) is 15.2. The van der Waals surface area contributed by atoms with Crippen molar-refractivity contribution in [2.24, 2.45) is 0 Å². The van der Waals surface area contributed by atoms with Gasteiger partial charge in [-0.2, -0.15) is 68.8 Å². The lowest BCUT2D eigenvalue weighted by molar-refractivity contribution is -0.440. The molecule has 0 bridgehead atoms. The van der Waals surface area contributed by atoms with E-state index in [1.54, 1.807) is 0 Å². The maximum Gasteiger partial charge on any atom is 0.460 e. The predicted molar refractivity (Wildman–Crippen MR) is 80.6 cm³/mol. The van der Waals surface area contributed by atoms with Gasteiger partial charge in [0.2, 0.25) is 0 Å². The first-order valence-corrected chi connectivity index (χ1v) is 9.12. The summed E-state index contributed by atoms with van der Waals surface area (Å²) in [5.41, 5.74) is 0. The number of carbonyl (C=O) groups excluding carboxylic acids is 1. The number of rotatable bonds is 13. The molecule has 0 aromatic carbocycles. The van der Waals surface area contributed by atoms with Gasteiger partial charge in [-0.25, -0.2) is 4.79 Å². The first kappa shape index (κ1) is 30.4. The van der Waals surface area contributed by atoms with Crippen LogP contribution >= 0.6 is 11.8 Å². The van der Waals surface area contributed by atoms with Crippen LogP contribution < -0.4 is 0 Å². The Morgan fingerprint density at radius 2 is 1.19 bits per heavy atom. The van der Waals surface area contributed by atoms with Crippen LogP contribution in [0.5, 0.6) is 0 Å². The molecular formula is C14H13F13O4S. The molecule has 0 amide bonds. The fourth-order valence-corrected chi connectivity index (χ4v) is 2.69. The molecule has 0 rings (SSSR count). The Bertz CT molecular complexity index is 664. The summed E-state index contributed by atoms with van der Waals surface area (Å²) in [6, 6.07) is 0. The van der Waals surface area contributed by atoms with Crippen LogP contribution in [0.1, 0.15) is 19.3 Å². The number of ether oxygens (including phenoxy) is 1. The Balaban J connectivity index is 5.07. The third-order valence-corrected chi connectivity index (χ3v) is 4.66. The van der Waals surface area contributed by atoms with Gasteiger partial charge >= 0.3 is 47.7 Å². The molecule has 0 saturated carbocycles. The second kappa shape index (κ2) is 10.1. The van der Waals surface area contributed by atoms with Crippen LogP contribution in [0.25, 0.3) is 0 Å². The molecule has 4 nitrogen and oxygen atoms in total. The molecule has 0 spiro atoms. The van der Waals surface area contributed by atoms with E-state index < -0.39 is 79.3 Å². The quantitative estimate of drug-likeness (QED) is 0.203. The van der Waals surface area contributed by atoms with Crippen molar-refractivity contribution in [3.05, 3.63) is 0 Å². The van der Waals surface area contributed by atoms with Gasteiger partial charge in [0.25, 0.3) is 0 Å². The number of carboxylic acids is 1. The van der Waals surface area contributed by atoms with Gasteiger partial charge in [0, 0.05) is 12.2 Å². The van der Waals surface area contributed by atoms with Crippen molar-refractivity contribution in [2.75, 3.05) is 18.1 Å². The van der Waals surface area contributed by atoms with Gasteiger partial charge in [-0.05, 0) is 12.2 Å². The van der Waals surface area contributed by atoms with Crippen molar-refractivity contribution < 1.29 is 76.5 Å². The number of hydrogen-bond donors (Lipinski definition) is 1. The van der Waals surface area contributed by atoms with Crippen molar-refractivity contribution in [2.45, 2.75) is 55.1 Å². The molecule has 0 aliphatic carbocycles. The number of aliphatic carboxylic acids is 1. The molecule has 0 aromatic heterocycles. The van der Waals surface area contributed by atoms with Gasteiger partial charge in [0.05, 0.1) is 6.42 Å². The number of hydrogen-bond acceptors (Lipinski definition) is 4. The Kier molecular flexibility index (Phi) is 9.60. The molecule has 0 saturated heterocycles. The molecule has 18 heteroatoms. The highest BCUT2D eigenvalue weighted by atomic mass is 32.2. The molecule has 0 aliphatic heterocycles. The summed E-state index contributed by atoms with van der Waals surface area (Å²) in [5.74, 6) is -40.3. The zero-order chi connectivity index (χ0) is 25.8. The van der Waals surface area contributed by atoms with E-state index >= 15 is 0 Å². The Labute approximate surface area is 174 Å². The van der Waals surface area contributed by atoms with Crippen molar-refractivity contribution >= 4 is 23.7 Å². The number of halogens is 13. The molecule has 0 unspecified atom stereocenters. The largest absolute Gasteiger partial charge is 0.479 e. The van der Waals surface area contributed by atoms with Crippen molar-refractivity contribution in [3.63, 3.8) is 0 Å². The predicted octanol–water partition coefficient (Wildman–Crippen LogP) is 5.26. The fourth-order valence-electron chi connectivity index (χ4n) is 1.83. The number of esters is 1. The van der Waals surface area contributed by atoms with Crippen LogP contribution in [0.15, 0.2) is 0 Å². The monoisotopic (exact) mass is 524 g/mol. The average Bonchev–Trinajstić information content (AvgIpc) is 2.61. The van der Waals surface area contributed by atoms with E-state index in [9.17, 15) is 66.7 Å². The maximum absolute atomic E-state index is 13.5. The van der Waals surface area contributed by atoms with Crippen molar-refractivity contribution in [3.8, 4) is 0 Å². The van der Waals surface area contributed by atoms with Crippen LogP contribution in [-0.4, -0.2) is 70.9 Å². The van der Waals surface area contributed by atoms with E-state index in [1.165, 1.54) is 0 Å².